The monoisotopic (exact) mass is 397 g/mol. The number of nitrogens with zero attached hydrogens (tertiary/aromatic N) is 1. The van der Waals surface area contributed by atoms with Crippen LogP contribution in [0.2, 0.25) is 0 Å². The third kappa shape index (κ3) is 6.62. The molecule has 7 heteroatoms. The van der Waals surface area contributed by atoms with Gasteiger partial charge in [0, 0.05) is 18.4 Å². The summed E-state index contributed by atoms with van der Waals surface area (Å²) in [6, 6.07) is -0.833. The Balaban J connectivity index is 2.90. The zero-order valence-corrected chi connectivity index (χ0v) is 18.0. The zero-order valence-electron chi connectivity index (χ0n) is 18.0. The molecule has 7 nitrogen and oxygen atoms in total. The van der Waals surface area contributed by atoms with Gasteiger partial charge in [0.1, 0.15) is 6.04 Å². The van der Waals surface area contributed by atoms with Crippen molar-refractivity contribution >= 4 is 17.8 Å². The van der Waals surface area contributed by atoms with Crippen LogP contribution in [-0.2, 0) is 23.9 Å². The highest BCUT2D eigenvalue weighted by Gasteiger charge is 2.45. The van der Waals surface area contributed by atoms with E-state index < -0.39 is 35.4 Å². The van der Waals surface area contributed by atoms with Crippen LogP contribution in [0.15, 0.2) is 12.7 Å². The number of amides is 1. The van der Waals surface area contributed by atoms with Gasteiger partial charge in [0.15, 0.2) is 0 Å². The summed E-state index contributed by atoms with van der Waals surface area (Å²) >= 11 is 0. The second-order valence-corrected chi connectivity index (χ2v) is 9.36. The molecule has 0 radical (unpaired) electrons. The Labute approximate surface area is 168 Å². The predicted molar refractivity (Wildman–Crippen MR) is 105 cm³/mol. The molecule has 1 aliphatic rings. The van der Waals surface area contributed by atoms with E-state index in [2.05, 4.69) is 6.58 Å². The summed E-state index contributed by atoms with van der Waals surface area (Å²) in [7, 11) is 1.25. The van der Waals surface area contributed by atoms with Crippen molar-refractivity contribution in [2.75, 3.05) is 20.3 Å². The van der Waals surface area contributed by atoms with Crippen LogP contribution in [0.3, 0.4) is 0 Å². The molecular formula is C21H35NO6. The van der Waals surface area contributed by atoms with E-state index in [1.54, 1.807) is 6.08 Å². The molecule has 1 N–H and O–H groups in total. The van der Waals surface area contributed by atoms with Crippen LogP contribution in [0.1, 0.15) is 53.9 Å². The number of allylic oxidation sites excluding steroid dienone is 1. The minimum Gasteiger partial charge on any atom is -0.467 e. The first kappa shape index (κ1) is 24.1. The van der Waals surface area contributed by atoms with Crippen LogP contribution >= 0.6 is 0 Å². The lowest BCUT2D eigenvalue weighted by Gasteiger charge is -2.34. The first-order valence-corrected chi connectivity index (χ1v) is 9.65. The van der Waals surface area contributed by atoms with Gasteiger partial charge in [0.05, 0.1) is 32.2 Å². The van der Waals surface area contributed by atoms with E-state index in [4.69, 9.17) is 9.47 Å². The molecule has 1 aliphatic heterocycles. The molecule has 3 atom stereocenters. The number of hydrogen-bond acceptors (Lipinski definition) is 6. The fourth-order valence-electron chi connectivity index (χ4n) is 3.33. The molecule has 160 valence electrons. The topological polar surface area (TPSA) is 93.1 Å². The van der Waals surface area contributed by atoms with Crippen LogP contribution < -0.4 is 0 Å². The number of ether oxygens (including phenoxy) is 2. The Morgan fingerprint density at radius 3 is 2.36 bits per heavy atom. The number of aliphatic hydroxyl groups is 1. The van der Waals surface area contributed by atoms with Gasteiger partial charge in [-0.2, -0.15) is 0 Å². The molecule has 1 amide bonds. The number of rotatable bonds is 8. The summed E-state index contributed by atoms with van der Waals surface area (Å²) in [4.78, 5) is 39.0. The van der Waals surface area contributed by atoms with E-state index in [9.17, 15) is 19.5 Å². The largest absolute Gasteiger partial charge is 0.467 e. The highest BCUT2D eigenvalue weighted by Crippen LogP contribution is 2.34. The minimum atomic E-state index is -0.833. The maximum Gasteiger partial charge on any atom is 0.328 e. The summed E-state index contributed by atoms with van der Waals surface area (Å²) in [5.74, 6) is -2.05. The van der Waals surface area contributed by atoms with Crippen molar-refractivity contribution in [2.45, 2.75) is 66.0 Å². The maximum absolute atomic E-state index is 13.2. The van der Waals surface area contributed by atoms with E-state index >= 15 is 0 Å². The van der Waals surface area contributed by atoms with Gasteiger partial charge >= 0.3 is 11.9 Å². The number of β-amino-alcohol motifs (C(OH)–C–C–N with tert-alkyl or cyclic N) is 1. The lowest BCUT2D eigenvalue weighted by Crippen LogP contribution is -2.47. The normalized spacial score (nSPS) is 21.2. The second-order valence-electron chi connectivity index (χ2n) is 9.36. The quantitative estimate of drug-likeness (QED) is 0.499. The highest BCUT2D eigenvalue weighted by atomic mass is 16.5. The Morgan fingerprint density at radius 1 is 1.25 bits per heavy atom. The molecular weight excluding hydrogens is 362 g/mol. The lowest BCUT2D eigenvalue weighted by atomic mass is 9.77. The predicted octanol–water partition coefficient (Wildman–Crippen LogP) is 2.32. The van der Waals surface area contributed by atoms with Crippen molar-refractivity contribution in [2.24, 2.45) is 16.7 Å². The number of carbonyl (C=O) groups is 3. The van der Waals surface area contributed by atoms with Gasteiger partial charge in [-0.15, -0.1) is 6.58 Å². The average Bonchev–Trinajstić information content (AvgIpc) is 2.97. The number of esters is 2. The van der Waals surface area contributed by atoms with Gasteiger partial charge in [-0.05, 0) is 11.8 Å². The molecule has 1 saturated heterocycles. The molecule has 0 bridgehead atoms. The van der Waals surface area contributed by atoms with Crippen LogP contribution in [0.5, 0.6) is 0 Å². The summed E-state index contributed by atoms with van der Waals surface area (Å²) in [6.07, 6.45) is 1.73. The molecule has 1 fully saturated rings. The Morgan fingerprint density at radius 2 is 1.86 bits per heavy atom. The van der Waals surface area contributed by atoms with Crippen LogP contribution in [0.25, 0.3) is 0 Å². The van der Waals surface area contributed by atoms with E-state index in [-0.39, 0.29) is 37.3 Å². The van der Waals surface area contributed by atoms with Crippen molar-refractivity contribution in [1.82, 2.24) is 4.90 Å². The van der Waals surface area contributed by atoms with Crippen molar-refractivity contribution in [3.63, 3.8) is 0 Å². The molecule has 1 rings (SSSR count). The fraction of sp³-hybridized carbons (Fsp3) is 0.762. The minimum absolute atomic E-state index is 0.0482. The third-order valence-corrected chi connectivity index (χ3v) is 5.07. The van der Waals surface area contributed by atoms with Crippen molar-refractivity contribution in [3.05, 3.63) is 12.7 Å². The van der Waals surface area contributed by atoms with Crippen LogP contribution in [0.4, 0.5) is 0 Å². The van der Waals surface area contributed by atoms with E-state index in [0.717, 1.165) is 0 Å². The van der Waals surface area contributed by atoms with Gasteiger partial charge in [-0.25, -0.2) is 4.79 Å². The van der Waals surface area contributed by atoms with Gasteiger partial charge in [-0.1, -0.05) is 40.7 Å². The number of likely N-dealkylation sites (tertiary alicyclic amines) is 1. The highest BCUT2D eigenvalue weighted by molar-refractivity contribution is 5.89. The Bertz CT molecular complexity index is 592. The molecule has 0 aromatic heterocycles. The molecule has 0 aliphatic carbocycles. The number of methoxy groups -OCH3 is 1. The molecule has 0 unspecified atom stereocenters. The number of hydrogen-bond donors (Lipinski definition) is 1. The van der Waals surface area contributed by atoms with Crippen molar-refractivity contribution in [1.29, 1.82) is 0 Å². The molecule has 0 aromatic rings. The summed E-state index contributed by atoms with van der Waals surface area (Å²) in [5.41, 5.74) is -0.755. The summed E-state index contributed by atoms with van der Waals surface area (Å²) in [5, 5.41) is 9.95. The molecule has 28 heavy (non-hydrogen) atoms. The summed E-state index contributed by atoms with van der Waals surface area (Å²) in [6.45, 7) is 13.5. The SMILES string of the molecule is C=CCC(C)(C)COC(=O)C[C@H](C(=O)N1C[C@H](O)C[C@H]1C(=O)OC)C(C)(C)C. The third-order valence-electron chi connectivity index (χ3n) is 5.07. The fourth-order valence-corrected chi connectivity index (χ4v) is 3.33. The standard InChI is InChI=1S/C21H35NO6/c1-8-9-21(5,6)13-28-17(24)11-15(20(2,3)4)18(25)22-12-14(23)10-16(22)19(26)27-7/h8,14-16,23H,1,9-13H2,2-7H3/t14-,15-,16+/m1/s1. The maximum atomic E-state index is 13.2. The number of aliphatic hydroxyl groups excluding tert-OH is 1. The second kappa shape index (κ2) is 9.54. The van der Waals surface area contributed by atoms with E-state index in [1.807, 2.05) is 34.6 Å². The van der Waals surface area contributed by atoms with Crippen LogP contribution in [-0.4, -0.2) is 60.3 Å². The summed E-state index contributed by atoms with van der Waals surface area (Å²) < 4.78 is 10.2. The average molecular weight is 398 g/mol. The molecule has 0 saturated carbocycles. The lowest BCUT2D eigenvalue weighted by molar-refractivity contribution is -0.157. The van der Waals surface area contributed by atoms with E-state index in [0.29, 0.717) is 6.42 Å². The van der Waals surface area contributed by atoms with E-state index in [1.165, 1.54) is 12.0 Å². The smallest absolute Gasteiger partial charge is 0.328 e. The zero-order chi connectivity index (χ0) is 21.7. The van der Waals surface area contributed by atoms with Crippen molar-refractivity contribution in [3.8, 4) is 0 Å². The molecule has 1 heterocycles. The van der Waals surface area contributed by atoms with Gasteiger partial charge < -0.3 is 19.5 Å². The Hall–Kier alpha value is -1.89. The first-order chi connectivity index (χ1) is 12.8. The molecule has 0 spiro atoms. The van der Waals surface area contributed by atoms with Gasteiger partial charge in [0.25, 0.3) is 0 Å². The first-order valence-electron chi connectivity index (χ1n) is 9.65. The Kier molecular flexibility index (Phi) is 8.23. The van der Waals surface area contributed by atoms with Crippen molar-refractivity contribution < 1.29 is 29.0 Å². The van der Waals surface area contributed by atoms with Gasteiger partial charge in [0.2, 0.25) is 5.91 Å². The van der Waals surface area contributed by atoms with Gasteiger partial charge in [-0.3, -0.25) is 9.59 Å². The molecule has 0 aromatic carbocycles. The van der Waals surface area contributed by atoms with Crippen LogP contribution in [0, 0.1) is 16.7 Å². The number of carbonyl (C=O) groups excluding carboxylic acids is 3.